The van der Waals surface area contributed by atoms with Crippen molar-refractivity contribution in [3.8, 4) is 0 Å². The molecule has 1 aromatic carbocycles. The molecule has 24 heavy (non-hydrogen) atoms. The first-order chi connectivity index (χ1) is 11.0. The van der Waals surface area contributed by atoms with Crippen molar-refractivity contribution >= 4 is 11.6 Å². The van der Waals surface area contributed by atoms with Crippen molar-refractivity contribution in [2.45, 2.75) is 39.3 Å². The molecule has 4 nitrogen and oxygen atoms in total. The summed E-state index contributed by atoms with van der Waals surface area (Å²) in [7, 11) is 0. The van der Waals surface area contributed by atoms with Gasteiger partial charge in [0.1, 0.15) is 0 Å². The molecule has 0 atom stereocenters. The minimum Gasteiger partial charge on any atom is -0.321 e. The number of halogens is 3. The van der Waals surface area contributed by atoms with Crippen molar-refractivity contribution in [1.82, 2.24) is 10.2 Å². The van der Waals surface area contributed by atoms with Crippen LogP contribution >= 0.6 is 0 Å². The van der Waals surface area contributed by atoms with Gasteiger partial charge in [0.2, 0.25) is 0 Å². The predicted molar refractivity (Wildman–Crippen MR) is 84.9 cm³/mol. The zero-order chi connectivity index (χ0) is 18.1. The molecule has 0 saturated carbocycles. The minimum absolute atomic E-state index is 0.124. The van der Waals surface area contributed by atoms with Crippen LogP contribution in [0.5, 0.6) is 0 Å². The molecule has 1 heterocycles. The summed E-state index contributed by atoms with van der Waals surface area (Å²) in [5, 5.41) is 9.30. The van der Waals surface area contributed by atoms with Crippen LogP contribution in [0.25, 0.3) is 0 Å². The van der Waals surface area contributed by atoms with Crippen molar-refractivity contribution in [2.24, 2.45) is 0 Å². The van der Waals surface area contributed by atoms with Crippen molar-refractivity contribution < 1.29 is 18.0 Å². The molecular weight excluding hydrogens is 319 g/mol. The van der Waals surface area contributed by atoms with Crippen LogP contribution in [0, 0.1) is 6.92 Å². The Morgan fingerprint density at radius 3 is 2.38 bits per heavy atom. The summed E-state index contributed by atoms with van der Waals surface area (Å²) < 4.78 is 38.1. The lowest BCUT2D eigenvalue weighted by Gasteiger charge is -2.22. The molecule has 0 aliphatic heterocycles. The van der Waals surface area contributed by atoms with Gasteiger partial charge in [-0.1, -0.05) is 26.8 Å². The standard InChI is InChI=1S/C17H18F3N3O/c1-10-5-6-12(8-13(10)16(2,3)4)22-15(24)14-7-11(9-21-23-14)17(18,19)20/h5-9H,1-4H3,(H,22,24). The first-order valence-corrected chi connectivity index (χ1v) is 7.31. The topological polar surface area (TPSA) is 54.9 Å². The van der Waals surface area contributed by atoms with E-state index in [-0.39, 0.29) is 11.1 Å². The van der Waals surface area contributed by atoms with Gasteiger partial charge in [-0.3, -0.25) is 4.79 Å². The molecule has 0 bridgehead atoms. The van der Waals surface area contributed by atoms with Gasteiger partial charge in [0.15, 0.2) is 5.69 Å². The summed E-state index contributed by atoms with van der Waals surface area (Å²) >= 11 is 0. The van der Waals surface area contributed by atoms with E-state index >= 15 is 0 Å². The highest BCUT2D eigenvalue weighted by atomic mass is 19.4. The number of aryl methyl sites for hydroxylation is 1. The Labute approximate surface area is 138 Å². The lowest BCUT2D eigenvalue weighted by molar-refractivity contribution is -0.137. The number of amides is 1. The third-order valence-electron chi connectivity index (χ3n) is 3.52. The molecule has 1 amide bonds. The van der Waals surface area contributed by atoms with Crippen molar-refractivity contribution in [2.75, 3.05) is 5.32 Å². The second-order valence-electron chi connectivity index (χ2n) is 6.56. The molecular formula is C17H18F3N3O. The number of carbonyl (C=O) groups is 1. The summed E-state index contributed by atoms with van der Waals surface area (Å²) in [5.41, 5.74) is 1.08. The highest BCUT2D eigenvalue weighted by molar-refractivity contribution is 6.02. The second kappa shape index (κ2) is 6.22. The van der Waals surface area contributed by atoms with Crippen molar-refractivity contribution in [3.05, 3.63) is 52.8 Å². The molecule has 0 unspecified atom stereocenters. The number of nitrogens with one attached hydrogen (secondary N) is 1. The molecule has 0 fully saturated rings. The van der Waals surface area contributed by atoms with Gasteiger partial charge < -0.3 is 5.32 Å². The lowest BCUT2D eigenvalue weighted by Crippen LogP contribution is -2.18. The summed E-state index contributed by atoms with van der Waals surface area (Å²) in [6.45, 7) is 8.09. The molecule has 0 aliphatic carbocycles. The van der Waals surface area contributed by atoms with Crippen LogP contribution in [0.3, 0.4) is 0 Å². The predicted octanol–water partition coefficient (Wildman–Crippen LogP) is 4.35. The van der Waals surface area contributed by atoms with E-state index in [4.69, 9.17) is 0 Å². The molecule has 1 N–H and O–H groups in total. The number of carbonyl (C=O) groups excluding carboxylic acids is 1. The Hall–Kier alpha value is -2.44. The van der Waals surface area contributed by atoms with Crippen molar-refractivity contribution in [3.63, 3.8) is 0 Å². The van der Waals surface area contributed by atoms with E-state index in [1.54, 1.807) is 6.07 Å². The smallest absolute Gasteiger partial charge is 0.321 e. The number of alkyl halides is 3. The van der Waals surface area contributed by atoms with Gasteiger partial charge >= 0.3 is 6.18 Å². The van der Waals surface area contributed by atoms with Crippen LogP contribution < -0.4 is 5.32 Å². The Morgan fingerprint density at radius 2 is 1.79 bits per heavy atom. The van der Waals surface area contributed by atoms with Gasteiger partial charge in [-0.2, -0.15) is 18.3 Å². The molecule has 2 aromatic rings. The van der Waals surface area contributed by atoms with Gasteiger partial charge in [0.05, 0.1) is 11.8 Å². The molecule has 7 heteroatoms. The summed E-state index contributed by atoms with van der Waals surface area (Å²) in [4.78, 5) is 12.2. The van der Waals surface area contributed by atoms with E-state index in [0.717, 1.165) is 11.1 Å². The minimum atomic E-state index is -4.58. The maximum atomic E-state index is 12.7. The average Bonchev–Trinajstić information content (AvgIpc) is 2.47. The average molecular weight is 337 g/mol. The fraction of sp³-hybridized carbons (Fsp3) is 0.353. The van der Waals surface area contributed by atoms with E-state index in [1.165, 1.54) is 0 Å². The summed E-state index contributed by atoms with van der Waals surface area (Å²) in [6.07, 6.45) is -3.99. The molecule has 128 valence electrons. The van der Waals surface area contributed by atoms with Gasteiger partial charge in [-0.05, 0) is 41.7 Å². The lowest BCUT2D eigenvalue weighted by atomic mass is 9.84. The third-order valence-corrected chi connectivity index (χ3v) is 3.52. The van der Waals surface area contributed by atoms with Crippen molar-refractivity contribution in [1.29, 1.82) is 0 Å². The van der Waals surface area contributed by atoms with E-state index in [1.807, 2.05) is 39.8 Å². The Balaban J connectivity index is 2.28. The maximum absolute atomic E-state index is 12.7. The molecule has 1 aromatic heterocycles. The number of nitrogens with zero attached hydrogens (tertiary/aromatic N) is 2. The van der Waals surface area contributed by atoms with Crippen LogP contribution in [0.4, 0.5) is 18.9 Å². The van der Waals surface area contributed by atoms with Crippen LogP contribution in [0.1, 0.15) is 48.0 Å². The fourth-order valence-corrected chi connectivity index (χ4v) is 2.34. The number of anilines is 1. The highest BCUT2D eigenvalue weighted by Crippen LogP contribution is 2.30. The van der Waals surface area contributed by atoms with Gasteiger partial charge in [-0.15, -0.1) is 5.10 Å². The van der Waals surface area contributed by atoms with Gasteiger partial charge in [-0.25, -0.2) is 0 Å². The second-order valence-corrected chi connectivity index (χ2v) is 6.56. The van der Waals surface area contributed by atoms with Gasteiger partial charge in [0.25, 0.3) is 5.91 Å². The van der Waals surface area contributed by atoms with E-state index < -0.39 is 17.6 Å². The molecule has 0 radical (unpaired) electrons. The summed E-state index contributed by atoms with van der Waals surface area (Å²) in [6, 6.07) is 6.05. The normalized spacial score (nSPS) is 12.1. The monoisotopic (exact) mass is 337 g/mol. The number of aromatic nitrogens is 2. The fourth-order valence-electron chi connectivity index (χ4n) is 2.34. The zero-order valence-corrected chi connectivity index (χ0v) is 13.8. The molecule has 0 aliphatic rings. The van der Waals surface area contributed by atoms with Crippen LogP contribution in [-0.2, 0) is 11.6 Å². The van der Waals surface area contributed by atoms with Crippen LogP contribution in [0.15, 0.2) is 30.5 Å². The van der Waals surface area contributed by atoms with E-state index in [2.05, 4.69) is 15.5 Å². The first-order valence-electron chi connectivity index (χ1n) is 7.31. The molecule has 2 rings (SSSR count). The number of hydrogen-bond donors (Lipinski definition) is 1. The van der Waals surface area contributed by atoms with E-state index in [0.29, 0.717) is 18.0 Å². The Kier molecular flexibility index (Phi) is 4.64. The highest BCUT2D eigenvalue weighted by Gasteiger charge is 2.32. The number of hydrogen-bond acceptors (Lipinski definition) is 3. The zero-order valence-electron chi connectivity index (χ0n) is 13.8. The SMILES string of the molecule is Cc1ccc(NC(=O)c2cc(C(F)(F)F)cnn2)cc1C(C)(C)C. The Bertz CT molecular complexity index is 764. The number of rotatable bonds is 2. The largest absolute Gasteiger partial charge is 0.418 e. The van der Waals surface area contributed by atoms with E-state index in [9.17, 15) is 18.0 Å². The first kappa shape index (κ1) is 17.9. The van der Waals surface area contributed by atoms with Crippen LogP contribution in [0.2, 0.25) is 0 Å². The quantitative estimate of drug-likeness (QED) is 0.886. The summed E-state index contributed by atoms with van der Waals surface area (Å²) in [5.74, 6) is -0.739. The maximum Gasteiger partial charge on any atom is 0.418 e. The third kappa shape index (κ3) is 4.10. The Morgan fingerprint density at radius 1 is 1.12 bits per heavy atom. The molecule has 0 saturated heterocycles. The van der Waals surface area contributed by atoms with Gasteiger partial charge in [0, 0.05) is 5.69 Å². The van der Waals surface area contributed by atoms with Crippen LogP contribution in [-0.4, -0.2) is 16.1 Å². The number of benzene rings is 1. The molecule has 0 spiro atoms.